The predicted molar refractivity (Wildman–Crippen MR) is 95.4 cm³/mol. The molecule has 4 nitrogen and oxygen atoms in total. The quantitative estimate of drug-likeness (QED) is 0.678. The van der Waals surface area contributed by atoms with E-state index in [-0.39, 0.29) is 10.6 Å². The molecule has 0 unspecified atom stereocenters. The summed E-state index contributed by atoms with van der Waals surface area (Å²) in [5, 5.41) is 0. The largest absolute Gasteiger partial charge is 0.313 e. The van der Waals surface area contributed by atoms with Gasteiger partial charge in [0.1, 0.15) is 0 Å². The minimum Gasteiger partial charge on any atom is -0.313 e. The van der Waals surface area contributed by atoms with E-state index >= 15 is 0 Å². The summed E-state index contributed by atoms with van der Waals surface area (Å²) in [5.41, 5.74) is 4.53. The first-order valence-corrected chi connectivity index (χ1v) is 9.43. The average Bonchev–Trinajstić information content (AvgIpc) is 2.92. The van der Waals surface area contributed by atoms with Gasteiger partial charge in [0.25, 0.3) is 0 Å². The summed E-state index contributed by atoms with van der Waals surface area (Å²) in [7, 11) is -3.39. The van der Waals surface area contributed by atoms with Crippen molar-refractivity contribution in [2.45, 2.75) is 25.7 Å². The Bertz CT molecular complexity index is 1050. The summed E-state index contributed by atoms with van der Waals surface area (Å²) in [6.45, 7) is 5.49. The summed E-state index contributed by atoms with van der Waals surface area (Å²) >= 11 is 0. The molecule has 3 aromatic rings. The lowest BCUT2D eigenvalue weighted by Gasteiger charge is -2.10. The molecule has 5 heteroatoms. The van der Waals surface area contributed by atoms with Gasteiger partial charge in [-0.1, -0.05) is 30.7 Å². The van der Waals surface area contributed by atoms with Gasteiger partial charge in [-0.25, -0.2) is 8.42 Å². The molecule has 0 radical (unpaired) electrons. The van der Waals surface area contributed by atoms with Crippen LogP contribution in [0, 0.1) is 13.8 Å². The lowest BCUT2D eigenvalue weighted by atomic mass is 10.0. The Balaban J connectivity index is 2.40. The van der Waals surface area contributed by atoms with E-state index in [2.05, 4.69) is 0 Å². The number of hydrogen-bond donors (Lipinski definition) is 0. The number of hydrogen-bond acceptors (Lipinski definition) is 3. The zero-order valence-corrected chi connectivity index (χ0v) is 14.7. The molecule has 0 bridgehead atoms. The van der Waals surface area contributed by atoms with Crippen molar-refractivity contribution < 1.29 is 13.2 Å². The lowest BCUT2D eigenvalue weighted by Crippen LogP contribution is -2.06. The van der Waals surface area contributed by atoms with E-state index in [4.69, 9.17) is 0 Å². The zero-order valence-electron chi connectivity index (χ0n) is 13.9. The molecular weight excluding hydrogens is 322 g/mol. The minimum atomic E-state index is -3.39. The molecule has 1 aromatic carbocycles. The molecule has 0 aliphatic carbocycles. The lowest BCUT2D eigenvalue weighted by molar-refractivity contribution is 0.111. The van der Waals surface area contributed by atoms with Crippen LogP contribution >= 0.6 is 0 Å². The molecule has 0 N–H and O–H groups in total. The summed E-state index contributed by atoms with van der Waals surface area (Å²) in [4.78, 5) is 12.0. The molecule has 2 heterocycles. The maximum absolute atomic E-state index is 12.5. The number of carbonyl (C=O) groups is 1. The number of nitrogens with zero attached hydrogens (tertiary/aromatic N) is 1. The molecule has 0 aliphatic heterocycles. The van der Waals surface area contributed by atoms with Gasteiger partial charge < -0.3 is 4.40 Å². The molecule has 124 valence electrons. The van der Waals surface area contributed by atoms with Gasteiger partial charge in [0.05, 0.1) is 16.3 Å². The predicted octanol–water partition coefficient (Wildman–Crippen LogP) is 3.83. The van der Waals surface area contributed by atoms with Crippen molar-refractivity contribution in [3.8, 4) is 11.1 Å². The van der Waals surface area contributed by atoms with E-state index in [0.717, 1.165) is 22.9 Å². The van der Waals surface area contributed by atoms with E-state index in [1.165, 1.54) is 0 Å². The van der Waals surface area contributed by atoms with Crippen LogP contribution in [0.5, 0.6) is 0 Å². The highest BCUT2D eigenvalue weighted by Gasteiger charge is 2.21. The molecule has 0 amide bonds. The van der Waals surface area contributed by atoms with Gasteiger partial charge in [-0.3, -0.25) is 4.79 Å². The highest BCUT2D eigenvalue weighted by atomic mass is 32.2. The minimum absolute atomic E-state index is 0.0198. The van der Waals surface area contributed by atoms with Crippen molar-refractivity contribution in [1.29, 1.82) is 0 Å². The Hall–Kier alpha value is -2.40. The van der Waals surface area contributed by atoms with E-state index in [0.29, 0.717) is 16.8 Å². The van der Waals surface area contributed by atoms with Crippen LogP contribution < -0.4 is 0 Å². The van der Waals surface area contributed by atoms with E-state index in [1.807, 2.05) is 48.7 Å². The Morgan fingerprint density at radius 1 is 1.00 bits per heavy atom. The van der Waals surface area contributed by atoms with Gasteiger partial charge >= 0.3 is 0 Å². The summed E-state index contributed by atoms with van der Waals surface area (Å²) in [6, 6.07) is 11.0. The van der Waals surface area contributed by atoms with Gasteiger partial charge in [-0.15, -0.1) is 0 Å². The molecule has 24 heavy (non-hydrogen) atoms. The Labute approximate surface area is 141 Å². The highest BCUT2D eigenvalue weighted by molar-refractivity contribution is 7.91. The maximum atomic E-state index is 12.5. The van der Waals surface area contributed by atoms with Gasteiger partial charge in [0, 0.05) is 22.8 Å². The van der Waals surface area contributed by atoms with Crippen molar-refractivity contribution in [1.82, 2.24) is 4.40 Å². The van der Waals surface area contributed by atoms with Crippen molar-refractivity contribution in [2.75, 3.05) is 5.75 Å². The van der Waals surface area contributed by atoms with Crippen LogP contribution in [0.4, 0.5) is 0 Å². The van der Waals surface area contributed by atoms with Gasteiger partial charge in [-0.2, -0.15) is 0 Å². The molecule has 0 spiro atoms. The fourth-order valence-electron chi connectivity index (χ4n) is 2.91. The first-order valence-electron chi connectivity index (χ1n) is 7.78. The number of benzene rings is 1. The highest BCUT2D eigenvalue weighted by Crippen LogP contribution is 2.33. The average molecular weight is 341 g/mol. The van der Waals surface area contributed by atoms with Crippen LogP contribution in [0.3, 0.4) is 0 Å². The molecule has 0 atom stereocenters. The normalized spacial score (nSPS) is 11.8. The maximum Gasteiger partial charge on any atom is 0.178 e. The number of sulfone groups is 1. The van der Waals surface area contributed by atoms with Gasteiger partial charge in [0.2, 0.25) is 0 Å². The van der Waals surface area contributed by atoms with Crippen LogP contribution in [-0.2, 0) is 9.84 Å². The number of aryl methyl sites for hydroxylation is 2. The number of rotatable bonds is 4. The number of carbonyl (C=O) groups excluding carboxylic acids is 1. The van der Waals surface area contributed by atoms with Crippen LogP contribution in [0.25, 0.3) is 16.6 Å². The van der Waals surface area contributed by atoms with E-state index in [1.54, 1.807) is 19.1 Å². The number of aldehydes is 1. The van der Waals surface area contributed by atoms with Crippen molar-refractivity contribution in [3.63, 3.8) is 0 Å². The van der Waals surface area contributed by atoms with Crippen molar-refractivity contribution in [3.05, 3.63) is 59.4 Å². The van der Waals surface area contributed by atoms with Crippen LogP contribution in [0.15, 0.2) is 47.5 Å². The Kier molecular flexibility index (Phi) is 4.05. The summed E-state index contributed by atoms with van der Waals surface area (Å²) < 4.78 is 26.8. The first kappa shape index (κ1) is 16.5. The summed E-state index contributed by atoms with van der Waals surface area (Å²) in [5.74, 6) is 0.0198. The molecular formula is C19H19NO3S. The van der Waals surface area contributed by atoms with E-state index in [9.17, 15) is 13.2 Å². The van der Waals surface area contributed by atoms with Crippen molar-refractivity contribution in [2.24, 2.45) is 0 Å². The van der Waals surface area contributed by atoms with Gasteiger partial charge in [-0.05, 0) is 37.6 Å². The second-order valence-corrected chi connectivity index (χ2v) is 8.21. The second kappa shape index (κ2) is 5.91. The second-order valence-electron chi connectivity index (χ2n) is 5.97. The third-order valence-electron chi connectivity index (χ3n) is 4.21. The SMILES string of the molecule is CCS(=O)(=O)c1ccc(C)cc1-c1cc2ccc(C)cn2c1C=O. The molecule has 0 fully saturated rings. The van der Waals surface area contributed by atoms with Crippen LogP contribution in [0.2, 0.25) is 0 Å². The Morgan fingerprint density at radius 2 is 1.71 bits per heavy atom. The van der Waals surface area contributed by atoms with Crippen molar-refractivity contribution >= 4 is 21.6 Å². The topological polar surface area (TPSA) is 55.6 Å². The molecule has 0 aliphatic rings. The molecule has 0 saturated heterocycles. The number of pyridine rings is 1. The standard InChI is InChI=1S/C19H19NO3S/c1-4-24(22,23)19-8-6-13(2)9-17(19)16-10-15-7-5-14(3)11-20(15)18(16)12-21/h5-12H,4H2,1-3H3. The number of aromatic nitrogens is 1. The fourth-order valence-corrected chi connectivity index (χ4v) is 4.00. The molecule has 0 saturated carbocycles. The monoisotopic (exact) mass is 341 g/mol. The molecule has 2 aromatic heterocycles. The fraction of sp³-hybridized carbons (Fsp3) is 0.211. The third-order valence-corrected chi connectivity index (χ3v) is 5.99. The van der Waals surface area contributed by atoms with Gasteiger partial charge in [0.15, 0.2) is 16.1 Å². The molecule has 3 rings (SSSR count). The smallest absolute Gasteiger partial charge is 0.178 e. The number of fused-ring (bicyclic) bond motifs is 1. The third kappa shape index (κ3) is 2.65. The zero-order chi connectivity index (χ0) is 17.5. The Morgan fingerprint density at radius 3 is 2.38 bits per heavy atom. The van der Waals surface area contributed by atoms with Crippen LogP contribution in [-0.4, -0.2) is 24.9 Å². The van der Waals surface area contributed by atoms with Crippen LogP contribution in [0.1, 0.15) is 28.5 Å². The first-order chi connectivity index (χ1) is 11.4. The van der Waals surface area contributed by atoms with E-state index < -0.39 is 9.84 Å². The summed E-state index contributed by atoms with van der Waals surface area (Å²) in [6.07, 6.45) is 2.67.